The van der Waals surface area contributed by atoms with Crippen LogP contribution in [0, 0.1) is 0 Å². The maximum absolute atomic E-state index is 12.7. The summed E-state index contributed by atoms with van der Waals surface area (Å²) >= 11 is 0. The van der Waals surface area contributed by atoms with Crippen molar-refractivity contribution in [2.45, 2.75) is 49.5 Å². The van der Waals surface area contributed by atoms with Crippen molar-refractivity contribution in [2.75, 3.05) is 38.2 Å². The van der Waals surface area contributed by atoms with E-state index in [-0.39, 0.29) is 4.90 Å². The molecule has 0 spiro atoms. The third-order valence-corrected chi connectivity index (χ3v) is 5.84. The zero-order valence-electron chi connectivity index (χ0n) is 14.7. The van der Waals surface area contributed by atoms with Gasteiger partial charge < -0.3 is 16.0 Å². The second-order valence-corrected chi connectivity index (χ2v) is 8.52. The summed E-state index contributed by atoms with van der Waals surface area (Å²) in [7, 11) is 0.368. The molecule has 0 atom stereocenters. The summed E-state index contributed by atoms with van der Waals surface area (Å²) in [4.78, 5) is 2.28. The molecule has 24 heavy (non-hydrogen) atoms. The Hall–Kier alpha value is -1.31. The number of nitrogen functional groups attached to an aromatic ring is 1. The summed E-state index contributed by atoms with van der Waals surface area (Å²) < 4.78 is 28.0. The highest BCUT2D eigenvalue weighted by molar-refractivity contribution is 7.89. The molecular weight excluding hydrogens is 324 g/mol. The van der Waals surface area contributed by atoms with Gasteiger partial charge in [0.25, 0.3) is 0 Å². The van der Waals surface area contributed by atoms with E-state index in [0.717, 1.165) is 25.8 Å². The lowest BCUT2D eigenvalue weighted by molar-refractivity contribution is 0.400. The first-order valence-electron chi connectivity index (χ1n) is 8.69. The fraction of sp³-hybridized carbons (Fsp3) is 0.647. The molecule has 0 saturated heterocycles. The minimum Gasteiger partial charge on any atom is -0.399 e. The molecule has 1 aliphatic carbocycles. The molecule has 0 aromatic heterocycles. The Morgan fingerprint density at radius 1 is 1.21 bits per heavy atom. The van der Waals surface area contributed by atoms with Crippen LogP contribution < -0.4 is 15.8 Å². The average molecular weight is 355 g/mol. The van der Waals surface area contributed by atoms with Gasteiger partial charge in [-0.25, -0.2) is 13.1 Å². The van der Waals surface area contributed by atoms with Crippen LogP contribution in [0.4, 0.5) is 11.4 Å². The highest BCUT2D eigenvalue weighted by Gasteiger charge is 2.21. The predicted octanol–water partition coefficient (Wildman–Crippen LogP) is 2.24. The Balaban J connectivity index is 2.10. The van der Waals surface area contributed by atoms with Gasteiger partial charge in [0, 0.05) is 18.3 Å². The molecule has 1 aromatic rings. The molecule has 0 radical (unpaired) electrons. The molecule has 136 valence electrons. The van der Waals surface area contributed by atoms with Gasteiger partial charge in [0.15, 0.2) is 0 Å². The van der Waals surface area contributed by atoms with E-state index in [1.54, 1.807) is 18.2 Å². The van der Waals surface area contributed by atoms with Crippen LogP contribution in [0.3, 0.4) is 0 Å². The highest BCUT2D eigenvalue weighted by atomic mass is 32.2. The van der Waals surface area contributed by atoms with E-state index in [2.05, 4.69) is 10.0 Å². The van der Waals surface area contributed by atoms with Crippen LogP contribution in [0.1, 0.15) is 38.5 Å². The van der Waals surface area contributed by atoms with Crippen molar-refractivity contribution in [3.8, 4) is 0 Å². The fourth-order valence-corrected chi connectivity index (χ4v) is 4.30. The highest BCUT2D eigenvalue weighted by Crippen LogP contribution is 2.28. The van der Waals surface area contributed by atoms with E-state index in [0.29, 0.717) is 24.0 Å². The molecule has 0 amide bonds. The fourth-order valence-electron chi connectivity index (χ4n) is 3.03. The summed E-state index contributed by atoms with van der Waals surface area (Å²) in [6, 6.07) is 5.40. The SMILES string of the molecule is CN(C)CCCNS(=O)(=O)c1cc(N)ccc1NC1CCCCC1. The minimum atomic E-state index is -3.57. The molecule has 0 aliphatic heterocycles. The molecule has 6 nitrogen and oxygen atoms in total. The lowest BCUT2D eigenvalue weighted by Gasteiger charge is -2.25. The average Bonchev–Trinajstić information content (AvgIpc) is 2.54. The van der Waals surface area contributed by atoms with Crippen molar-refractivity contribution in [1.29, 1.82) is 0 Å². The van der Waals surface area contributed by atoms with E-state index in [1.807, 2.05) is 19.0 Å². The van der Waals surface area contributed by atoms with Gasteiger partial charge in [0.2, 0.25) is 10.0 Å². The Bertz CT molecular complexity index is 625. The van der Waals surface area contributed by atoms with E-state index in [1.165, 1.54) is 19.3 Å². The molecule has 2 rings (SSSR count). The summed E-state index contributed by atoms with van der Waals surface area (Å²) in [5.41, 5.74) is 6.93. The van der Waals surface area contributed by atoms with E-state index in [9.17, 15) is 8.42 Å². The molecule has 0 unspecified atom stereocenters. The number of hydrogen-bond acceptors (Lipinski definition) is 5. The second-order valence-electron chi connectivity index (χ2n) is 6.79. The summed E-state index contributed by atoms with van der Waals surface area (Å²) in [5.74, 6) is 0. The van der Waals surface area contributed by atoms with Crippen molar-refractivity contribution in [3.63, 3.8) is 0 Å². The van der Waals surface area contributed by atoms with Crippen molar-refractivity contribution >= 4 is 21.4 Å². The molecule has 4 N–H and O–H groups in total. The van der Waals surface area contributed by atoms with Gasteiger partial charge in [-0.05, 0) is 58.1 Å². The monoisotopic (exact) mass is 354 g/mol. The zero-order chi connectivity index (χ0) is 17.6. The topological polar surface area (TPSA) is 87.5 Å². The first kappa shape index (κ1) is 19.0. The van der Waals surface area contributed by atoms with Gasteiger partial charge in [0.05, 0.1) is 5.69 Å². The van der Waals surface area contributed by atoms with Crippen molar-refractivity contribution in [1.82, 2.24) is 9.62 Å². The molecule has 1 saturated carbocycles. The molecule has 0 bridgehead atoms. The largest absolute Gasteiger partial charge is 0.399 e. The van der Waals surface area contributed by atoms with Crippen LogP contribution in [0.15, 0.2) is 23.1 Å². The maximum Gasteiger partial charge on any atom is 0.242 e. The number of rotatable bonds is 8. The lowest BCUT2D eigenvalue weighted by atomic mass is 9.95. The van der Waals surface area contributed by atoms with Gasteiger partial charge >= 0.3 is 0 Å². The number of sulfonamides is 1. The van der Waals surface area contributed by atoms with Crippen LogP contribution in [0.5, 0.6) is 0 Å². The molecule has 1 aliphatic rings. The molecule has 1 aromatic carbocycles. The van der Waals surface area contributed by atoms with Crippen molar-refractivity contribution in [2.24, 2.45) is 0 Å². The van der Waals surface area contributed by atoms with Gasteiger partial charge in [-0.1, -0.05) is 19.3 Å². The Labute approximate surface area is 145 Å². The first-order valence-corrected chi connectivity index (χ1v) is 10.2. The summed E-state index contributed by atoms with van der Waals surface area (Å²) in [6.07, 6.45) is 6.58. The number of nitrogens with one attached hydrogen (secondary N) is 2. The van der Waals surface area contributed by atoms with Gasteiger partial charge in [-0.2, -0.15) is 0 Å². The van der Waals surface area contributed by atoms with E-state index < -0.39 is 10.0 Å². The maximum atomic E-state index is 12.7. The van der Waals surface area contributed by atoms with Crippen LogP contribution in [-0.2, 0) is 10.0 Å². The Morgan fingerprint density at radius 2 is 1.92 bits per heavy atom. The normalized spacial score (nSPS) is 16.5. The van der Waals surface area contributed by atoms with Crippen LogP contribution >= 0.6 is 0 Å². The number of nitrogens with two attached hydrogens (primary N) is 1. The third kappa shape index (κ3) is 5.65. The molecular formula is C17H30N4O2S. The van der Waals surface area contributed by atoms with Crippen LogP contribution in [0.25, 0.3) is 0 Å². The smallest absolute Gasteiger partial charge is 0.242 e. The van der Waals surface area contributed by atoms with E-state index >= 15 is 0 Å². The lowest BCUT2D eigenvalue weighted by Crippen LogP contribution is -2.29. The minimum absolute atomic E-state index is 0.248. The Kier molecular flexibility index (Phi) is 6.89. The quantitative estimate of drug-likeness (QED) is 0.492. The standard InChI is InChI=1S/C17H30N4O2S/c1-21(2)12-6-11-19-24(22,23)17-13-14(18)9-10-16(17)20-15-7-4-3-5-8-15/h9-10,13,15,19-20H,3-8,11-12,18H2,1-2H3. The second kappa shape index (κ2) is 8.69. The summed E-state index contributed by atoms with van der Waals surface area (Å²) in [5, 5.41) is 3.41. The van der Waals surface area contributed by atoms with Crippen LogP contribution in [0.2, 0.25) is 0 Å². The van der Waals surface area contributed by atoms with Crippen molar-refractivity contribution in [3.05, 3.63) is 18.2 Å². The summed E-state index contributed by atoms with van der Waals surface area (Å²) in [6.45, 7) is 1.25. The number of nitrogens with zero attached hydrogens (tertiary/aromatic N) is 1. The number of anilines is 2. The van der Waals surface area contributed by atoms with Gasteiger partial charge in [-0.3, -0.25) is 0 Å². The first-order chi connectivity index (χ1) is 11.4. The third-order valence-electron chi connectivity index (χ3n) is 4.33. The number of benzene rings is 1. The Morgan fingerprint density at radius 3 is 2.58 bits per heavy atom. The van der Waals surface area contributed by atoms with Gasteiger partial charge in [0.1, 0.15) is 4.90 Å². The zero-order valence-corrected chi connectivity index (χ0v) is 15.5. The van der Waals surface area contributed by atoms with Crippen molar-refractivity contribution < 1.29 is 8.42 Å². The molecule has 0 heterocycles. The predicted molar refractivity (Wildman–Crippen MR) is 99.7 cm³/mol. The van der Waals surface area contributed by atoms with Crippen LogP contribution in [-0.4, -0.2) is 46.5 Å². The molecule has 7 heteroatoms. The van der Waals surface area contributed by atoms with E-state index in [4.69, 9.17) is 5.73 Å². The number of hydrogen-bond donors (Lipinski definition) is 3. The van der Waals surface area contributed by atoms with Gasteiger partial charge in [-0.15, -0.1) is 0 Å². The molecule has 1 fully saturated rings.